The van der Waals surface area contributed by atoms with Crippen LogP contribution in [0.4, 0.5) is 4.39 Å². The van der Waals surface area contributed by atoms with Crippen LogP contribution in [0.15, 0.2) is 18.2 Å². The van der Waals surface area contributed by atoms with Crippen LogP contribution in [-0.4, -0.2) is 6.54 Å². The van der Waals surface area contributed by atoms with E-state index in [1.54, 1.807) is 13.0 Å². The number of rotatable bonds is 4. The van der Waals surface area contributed by atoms with Gasteiger partial charge < -0.3 is 5.32 Å². The van der Waals surface area contributed by atoms with Gasteiger partial charge in [-0.25, -0.2) is 4.39 Å². The number of hydrogen-bond donors (Lipinski definition) is 1. The molecule has 1 nitrogen and oxygen atoms in total. The molecule has 78 valence electrons. The first-order chi connectivity index (χ1) is 6.61. The van der Waals surface area contributed by atoms with Gasteiger partial charge in [-0.05, 0) is 24.9 Å². The first-order valence-electron chi connectivity index (χ1n) is 5.06. The van der Waals surface area contributed by atoms with Crippen molar-refractivity contribution in [3.05, 3.63) is 35.1 Å². The van der Waals surface area contributed by atoms with Gasteiger partial charge in [0.1, 0.15) is 5.82 Å². The SMILES string of the molecule is Cc1cccc(CNCC(C)C)c1F. The van der Waals surface area contributed by atoms with E-state index in [9.17, 15) is 4.39 Å². The van der Waals surface area contributed by atoms with Gasteiger partial charge in [-0.3, -0.25) is 0 Å². The summed E-state index contributed by atoms with van der Waals surface area (Å²) >= 11 is 0. The molecule has 0 amide bonds. The van der Waals surface area contributed by atoms with Crippen molar-refractivity contribution in [2.45, 2.75) is 27.3 Å². The average Bonchev–Trinajstić information content (AvgIpc) is 2.12. The maximum Gasteiger partial charge on any atom is 0.130 e. The molecule has 14 heavy (non-hydrogen) atoms. The summed E-state index contributed by atoms with van der Waals surface area (Å²) in [4.78, 5) is 0. The molecule has 1 N–H and O–H groups in total. The van der Waals surface area contributed by atoms with Crippen molar-refractivity contribution in [2.75, 3.05) is 6.54 Å². The number of benzene rings is 1. The number of halogens is 1. The Labute approximate surface area is 85.3 Å². The van der Waals surface area contributed by atoms with E-state index in [1.807, 2.05) is 12.1 Å². The molecule has 1 aromatic rings. The number of aryl methyl sites for hydroxylation is 1. The van der Waals surface area contributed by atoms with Gasteiger partial charge in [0.05, 0.1) is 0 Å². The van der Waals surface area contributed by atoms with Gasteiger partial charge >= 0.3 is 0 Å². The van der Waals surface area contributed by atoms with E-state index in [4.69, 9.17) is 0 Å². The highest BCUT2D eigenvalue weighted by Gasteiger charge is 2.03. The third-order valence-corrected chi connectivity index (χ3v) is 2.14. The summed E-state index contributed by atoms with van der Waals surface area (Å²) in [5.74, 6) is 0.520. The zero-order valence-corrected chi connectivity index (χ0v) is 9.10. The van der Waals surface area contributed by atoms with Crippen LogP contribution in [-0.2, 0) is 6.54 Å². The van der Waals surface area contributed by atoms with Gasteiger partial charge in [0.25, 0.3) is 0 Å². The third kappa shape index (κ3) is 3.11. The van der Waals surface area contributed by atoms with E-state index in [0.717, 1.165) is 12.1 Å². The third-order valence-electron chi connectivity index (χ3n) is 2.14. The molecule has 0 fully saturated rings. The minimum absolute atomic E-state index is 0.0799. The fraction of sp³-hybridized carbons (Fsp3) is 0.500. The normalized spacial score (nSPS) is 10.9. The van der Waals surface area contributed by atoms with Gasteiger partial charge in [0.2, 0.25) is 0 Å². The predicted molar refractivity (Wildman–Crippen MR) is 57.7 cm³/mol. The van der Waals surface area contributed by atoms with Crippen molar-refractivity contribution in [1.29, 1.82) is 0 Å². The Morgan fingerprint density at radius 2 is 2.07 bits per heavy atom. The van der Waals surface area contributed by atoms with E-state index in [-0.39, 0.29) is 5.82 Å². The van der Waals surface area contributed by atoms with Crippen LogP contribution < -0.4 is 5.32 Å². The lowest BCUT2D eigenvalue weighted by atomic mass is 10.1. The van der Waals surface area contributed by atoms with Crippen molar-refractivity contribution in [1.82, 2.24) is 5.32 Å². The highest BCUT2D eigenvalue weighted by Crippen LogP contribution is 2.11. The molecule has 0 unspecified atom stereocenters. The summed E-state index contributed by atoms with van der Waals surface area (Å²) in [6.45, 7) is 7.61. The second kappa shape index (κ2) is 5.11. The molecule has 0 aromatic heterocycles. The quantitative estimate of drug-likeness (QED) is 0.779. The molecule has 1 rings (SSSR count). The fourth-order valence-corrected chi connectivity index (χ4v) is 1.34. The summed E-state index contributed by atoms with van der Waals surface area (Å²) < 4.78 is 13.5. The zero-order chi connectivity index (χ0) is 10.6. The van der Waals surface area contributed by atoms with Gasteiger partial charge in [-0.2, -0.15) is 0 Å². The Kier molecular flexibility index (Phi) is 4.08. The van der Waals surface area contributed by atoms with E-state index >= 15 is 0 Å². The maximum absolute atomic E-state index is 13.5. The Hall–Kier alpha value is -0.890. The lowest BCUT2D eigenvalue weighted by molar-refractivity contribution is 0.533. The number of hydrogen-bond acceptors (Lipinski definition) is 1. The molecule has 0 aliphatic carbocycles. The summed E-state index contributed by atoms with van der Waals surface area (Å²) in [7, 11) is 0. The lowest BCUT2D eigenvalue weighted by Crippen LogP contribution is -2.19. The van der Waals surface area contributed by atoms with Crippen molar-refractivity contribution in [3.63, 3.8) is 0 Å². The van der Waals surface area contributed by atoms with E-state index in [2.05, 4.69) is 19.2 Å². The molecular formula is C12H18FN. The van der Waals surface area contributed by atoms with E-state index < -0.39 is 0 Å². The first kappa shape index (κ1) is 11.2. The monoisotopic (exact) mass is 195 g/mol. The van der Waals surface area contributed by atoms with Gasteiger partial charge in [0.15, 0.2) is 0 Å². The molecule has 1 aromatic carbocycles. The zero-order valence-electron chi connectivity index (χ0n) is 9.10. The summed E-state index contributed by atoms with van der Waals surface area (Å²) in [5.41, 5.74) is 1.47. The summed E-state index contributed by atoms with van der Waals surface area (Å²) in [6, 6.07) is 5.52. The van der Waals surface area contributed by atoms with Gasteiger partial charge in [-0.1, -0.05) is 32.0 Å². The van der Waals surface area contributed by atoms with Crippen molar-refractivity contribution >= 4 is 0 Å². The first-order valence-corrected chi connectivity index (χ1v) is 5.06. The summed E-state index contributed by atoms with van der Waals surface area (Å²) in [6.07, 6.45) is 0. The highest BCUT2D eigenvalue weighted by molar-refractivity contribution is 5.24. The van der Waals surface area contributed by atoms with Gasteiger partial charge in [0, 0.05) is 12.1 Å². The number of nitrogens with one attached hydrogen (secondary N) is 1. The summed E-state index contributed by atoms with van der Waals surface area (Å²) in [5, 5.41) is 3.23. The minimum atomic E-state index is -0.0799. The molecule has 2 heteroatoms. The van der Waals surface area contributed by atoms with E-state index in [1.165, 1.54) is 0 Å². The predicted octanol–water partition coefficient (Wildman–Crippen LogP) is 2.88. The molecule has 0 saturated heterocycles. The Morgan fingerprint density at radius 1 is 1.36 bits per heavy atom. The Balaban J connectivity index is 2.54. The molecule has 0 heterocycles. The second-order valence-electron chi connectivity index (χ2n) is 4.07. The lowest BCUT2D eigenvalue weighted by Gasteiger charge is -2.09. The molecular weight excluding hydrogens is 177 g/mol. The fourth-order valence-electron chi connectivity index (χ4n) is 1.34. The van der Waals surface area contributed by atoms with Gasteiger partial charge in [-0.15, -0.1) is 0 Å². The van der Waals surface area contributed by atoms with E-state index in [0.29, 0.717) is 18.0 Å². The topological polar surface area (TPSA) is 12.0 Å². The van der Waals surface area contributed by atoms with Crippen LogP contribution in [0.5, 0.6) is 0 Å². The molecule has 0 bridgehead atoms. The average molecular weight is 195 g/mol. The highest BCUT2D eigenvalue weighted by atomic mass is 19.1. The molecule has 0 aliphatic heterocycles. The van der Waals surface area contributed by atoms with Crippen LogP contribution in [0.3, 0.4) is 0 Å². The molecule has 0 atom stereocenters. The Bertz CT molecular complexity index is 294. The standard InChI is InChI=1S/C12H18FN/c1-9(2)7-14-8-11-6-4-5-10(3)12(11)13/h4-6,9,14H,7-8H2,1-3H3. The molecule has 0 radical (unpaired) electrons. The van der Waals surface area contributed by atoms with Crippen LogP contribution in [0.2, 0.25) is 0 Å². The van der Waals surface area contributed by atoms with Crippen LogP contribution >= 0.6 is 0 Å². The smallest absolute Gasteiger partial charge is 0.130 e. The van der Waals surface area contributed by atoms with Crippen LogP contribution in [0.25, 0.3) is 0 Å². The maximum atomic E-state index is 13.5. The van der Waals surface area contributed by atoms with Crippen LogP contribution in [0.1, 0.15) is 25.0 Å². The molecule has 0 saturated carbocycles. The van der Waals surface area contributed by atoms with Crippen molar-refractivity contribution in [3.8, 4) is 0 Å². The second-order valence-corrected chi connectivity index (χ2v) is 4.07. The molecule has 0 aliphatic rings. The Morgan fingerprint density at radius 3 is 2.71 bits per heavy atom. The van der Waals surface area contributed by atoms with Crippen molar-refractivity contribution < 1.29 is 4.39 Å². The largest absolute Gasteiger partial charge is 0.312 e. The minimum Gasteiger partial charge on any atom is -0.312 e. The molecule has 0 spiro atoms. The van der Waals surface area contributed by atoms with Crippen molar-refractivity contribution in [2.24, 2.45) is 5.92 Å². The van der Waals surface area contributed by atoms with Crippen LogP contribution in [0, 0.1) is 18.7 Å².